The second-order valence-electron chi connectivity index (χ2n) is 6.69. The molecule has 0 saturated carbocycles. The van der Waals surface area contributed by atoms with Crippen molar-refractivity contribution in [2.24, 2.45) is 5.73 Å². The number of aromatic nitrogens is 1. The molecule has 0 bridgehead atoms. The number of aldehydes is 1. The minimum Gasteiger partial charge on any atom is -0.378 e. The van der Waals surface area contributed by atoms with Gasteiger partial charge in [0.2, 0.25) is 0 Å². The average Bonchev–Trinajstić information content (AvgIpc) is 3.18. The van der Waals surface area contributed by atoms with Gasteiger partial charge in [-0.15, -0.1) is 0 Å². The van der Waals surface area contributed by atoms with E-state index in [0.717, 1.165) is 55.2 Å². The molecule has 3 heterocycles. The number of ether oxygens (including phenoxy) is 2. The first-order chi connectivity index (χ1) is 13.3. The van der Waals surface area contributed by atoms with E-state index in [0.29, 0.717) is 13.1 Å². The smallest absolute Gasteiger partial charge is 0.187 e. The molecule has 0 spiro atoms. The van der Waals surface area contributed by atoms with Crippen LogP contribution in [-0.2, 0) is 14.3 Å². The van der Waals surface area contributed by atoms with Gasteiger partial charge in [0.15, 0.2) is 12.5 Å². The molecule has 27 heavy (non-hydrogen) atoms. The maximum absolute atomic E-state index is 11.3. The number of nitrogens with zero attached hydrogens (tertiary/aromatic N) is 3. The van der Waals surface area contributed by atoms with Gasteiger partial charge in [-0.1, -0.05) is 12.1 Å². The van der Waals surface area contributed by atoms with Gasteiger partial charge in [0.05, 0.1) is 19.3 Å². The van der Waals surface area contributed by atoms with Gasteiger partial charge in [0.25, 0.3) is 0 Å². The van der Waals surface area contributed by atoms with E-state index in [-0.39, 0.29) is 6.10 Å². The minimum atomic E-state index is -0.577. The third-order valence-electron chi connectivity index (χ3n) is 5.03. The number of carbonyl (C=O) groups excluding carboxylic acids is 1. The lowest BCUT2D eigenvalue weighted by Crippen LogP contribution is -2.37. The summed E-state index contributed by atoms with van der Waals surface area (Å²) in [6, 6.07) is 12.2. The SMILES string of the molecule is NC[C@H]1CN(c2ccc(-c3cccnc3N3CCOCC3)cc2)C(C=O)O1. The van der Waals surface area contributed by atoms with Crippen molar-refractivity contribution < 1.29 is 14.3 Å². The molecule has 2 aromatic rings. The summed E-state index contributed by atoms with van der Waals surface area (Å²) in [4.78, 5) is 20.1. The van der Waals surface area contributed by atoms with Gasteiger partial charge in [-0.2, -0.15) is 0 Å². The molecular formula is C20H24N4O3. The normalized spacial score (nSPS) is 22.9. The standard InChI is InChI=1S/C20H24N4O3/c21-12-17-13-24(19(14-25)27-17)16-5-3-15(4-6-16)18-2-1-7-22-20(18)23-8-10-26-11-9-23/h1-7,14,17,19H,8-13,21H2/t17-,19?/m0/s1. The number of pyridine rings is 1. The third kappa shape index (κ3) is 3.66. The molecule has 1 aromatic heterocycles. The maximum atomic E-state index is 11.3. The summed E-state index contributed by atoms with van der Waals surface area (Å²) < 4.78 is 11.1. The van der Waals surface area contributed by atoms with Gasteiger partial charge in [-0.25, -0.2) is 4.98 Å². The first-order valence-electron chi connectivity index (χ1n) is 9.26. The van der Waals surface area contributed by atoms with E-state index >= 15 is 0 Å². The number of carbonyl (C=O) groups is 1. The summed E-state index contributed by atoms with van der Waals surface area (Å²) in [5.74, 6) is 0.979. The number of morpholine rings is 1. The summed E-state index contributed by atoms with van der Waals surface area (Å²) in [5, 5.41) is 0. The van der Waals surface area contributed by atoms with Crippen LogP contribution < -0.4 is 15.5 Å². The van der Waals surface area contributed by atoms with Crippen molar-refractivity contribution in [3.05, 3.63) is 42.6 Å². The van der Waals surface area contributed by atoms with E-state index in [2.05, 4.69) is 28.1 Å². The second-order valence-corrected chi connectivity index (χ2v) is 6.69. The van der Waals surface area contributed by atoms with Crippen molar-refractivity contribution in [3.8, 4) is 11.1 Å². The molecule has 2 atom stereocenters. The molecule has 2 N–H and O–H groups in total. The Bertz CT molecular complexity index is 777. The van der Waals surface area contributed by atoms with Crippen LogP contribution in [0.5, 0.6) is 0 Å². The number of anilines is 2. The third-order valence-corrected chi connectivity index (χ3v) is 5.03. The van der Waals surface area contributed by atoms with Gasteiger partial charge in [0.1, 0.15) is 5.82 Å². The first-order valence-corrected chi connectivity index (χ1v) is 9.26. The summed E-state index contributed by atoms with van der Waals surface area (Å²) in [5.41, 5.74) is 8.82. The fourth-order valence-corrected chi connectivity index (χ4v) is 3.61. The Morgan fingerprint density at radius 2 is 1.96 bits per heavy atom. The van der Waals surface area contributed by atoms with Crippen LogP contribution in [0, 0.1) is 0 Å². The van der Waals surface area contributed by atoms with E-state index < -0.39 is 6.23 Å². The minimum absolute atomic E-state index is 0.119. The van der Waals surface area contributed by atoms with Crippen LogP contribution in [0.2, 0.25) is 0 Å². The van der Waals surface area contributed by atoms with Crippen molar-refractivity contribution in [2.75, 3.05) is 49.2 Å². The second kappa shape index (κ2) is 8.04. The monoisotopic (exact) mass is 368 g/mol. The zero-order valence-corrected chi connectivity index (χ0v) is 15.2. The molecule has 1 aromatic carbocycles. The molecule has 7 heteroatoms. The van der Waals surface area contributed by atoms with E-state index in [4.69, 9.17) is 15.2 Å². The summed E-state index contributed by atoms with van der Waals surface area (Å²) in [7, 11) is 0. The predicted molar refractivity (Wildman–Crippen MR) is 104 cm³/mol. The summed E-state index contributed by atoms with van der Waals surface area (Å²) in [6.45, 7) is 4.14. The highest BCUT2D eigenvalue weighted by Crippen LogP contribution is 2.32. The zero-order chi connectivity index (χ0) is 18.6. The molecule has 2 fully saturated rings. The van der Waals surface area contributed by atoms with Crippen molar-refractivity contribution in [3.63, 3.8) is 0 Å². The number of nitrogens with two attached hydrogens (primary N) is 1. The van der Waals surface area contributed by atoms with Crippen LogP contribution >= 0.6 is 0 Å². The molecular weight excluding hydrogens is 344 g/mol. The van der Waals surface area contributed by atoms with Crippen LogP contribution in [0.3, 0.4) is 0 Å². The highest BCUT2D eigenvalue weighted by atomic mass is 16.5. The largest absolute Gasteiger partial charge is 0.378 e. The van der Waals surface area contributed by atoms with Crippen molar-refractivity contribution in [1.82, 2.24) is 4.98 Å². The van der Waals surface area contributed by atoms with Crippen LogP contribution in [0.15, 0.2) is 42.6 Å². The number of benzene rings is 1. The molecule has 1 unspecified atom stereocenters. The van der Waals surface area contributed by atoms with E-state index in [1.807, 2.05) is 29.3 Å². The molecule has 142 valence electrons. The predicted octanol–water partition coefficient (Wildman–Crippen LogP) is 1.27. The fourth-order valence-electron chi connectivity index (χ4n) is 3.61. The zero-order valence-electron chi connectivity index (χ0n) is 15.2. The molecule has 0 amide bonds. The molecule has 0 radical (unpaired) electrons. The summed E-state index contributed by atoms with van der Waals surface area (Å²) >= 11 is 0. The van der Waals surface area contributed by atoms with Crippen molar-refractivity contribution >= 4 is 17.8 Å². The van der Waals surface area contributed by atoms with E-state index in [1.54, 1.807) is 0 Å². The Morgan fingerprint density at radius 3 is 2.67 bits per heavy atom. The van der Waals surface area contributed by atoms with Gasteiger partial charge >= 0.3 is 0 Å². The molecule has 0 aliphatic carbocycles. The van der Waals surface area contributed by atoms with E-state index in [1.165, 1.54) is 0 Å². The topological polar surface area (TPSA) is 80.9 Å². The quantitative estimate of drug-likeness (QED) is 0.796. The fraction of sp³-hybridized carbons (Fsp3) is 0.400. The average molecular weight is 368 g/mol. The van der Waals surface area contributed by atoms with Gasteiger partial charge < -0.3 is 25.0 Å². The van der Waals surface area contributed by atoms with Crippen LogP contribution in [-0.4, -0.2) is 63.0 Å². The van der Waals surface area contributed by atoms with Gasteiger partial charge in [-0.3, -0.25) is 4.79 Å². The molecule has 2 aliphatic rings. The summed E-state index contributed by atoms with van der Waals surface area (Å²) in [6.07, 6.45) is 1.95. The lowest BCUT2D eigenvalue weighted by atomic mass is 10.0. The maximum Gasteiger partial charge on any atom is 0.187 e. The van der Waals surface area contributed by atoms with Gasteiger partial charge in [-0.05, 0) is 29.8 Å². The van der Waals surface area contributed by atoms with Crippen LogP contribution in [0.4, 0.5) is 11.5 Å². The number of rotatable bonds is 5. The Balaban J connectivity index is 1.59. The van der Waals surface area contributed by atoms with Crippen LogP contribution in [0.1, 0.15) is 0 Å². The molecule has 2 saturated heterocycles. The van der Waals surface area contributed by atoms with E-state index in [9.17, 15) is 4.79 Å². The van der Waals surface area contributed by atoms with Crippen LogP contribution in [0.25, 0.3) is 11.1 Å². The Kier molecular flexibility index (Phi) is 5.33. The molecule has 2 aliphatic heterocycles. The Hall–Kier alpha value is -2.48. The van der Waals surface area contributed by atoms with Crippen molar-refractivity contribution in [2.45, 2.75) is 12.3 Å². The first kappa shape index (κ1) is 17.9. The lowest BCUT2D eigenvalue weighted by molar-refractivity contribution is -0.117. The van der Waals surface area contributed by atoms with Crippen molar-refractivity contribution in [1.29, 1.82) is 0 Å². The lowest BCUT2D eigenvalue weighted by Gasteiger charge is -2.29. The van der Waals surface area contributed by atoms with Gasteiger partial charge in [0, 0.05) is 43.6 Å². The Labute approximate surface area is 158 Å². The highest BCUT2D eigenvalue weighted by molar-refractivity contribution is 5.77. The molecule has 4 rings (SSSR count). The number of hydrogen-bond donors (Lipinski definition) is 1. The highest BCUT2D eigenvalue weighted by Gasteiger charge is 2.31. The molecule has 7 nitrogen and oxygen atoms in total. The Morgan fingerprint density at radius 1 is 1.19 bits per heavy atom. The number of hydrogen-bond acceptors (Lipinski definition) is 7.